The lowest BCUT2D eigenvalue weighted by atomic mass is 10.1. The quantitative estimate of drug-likeness (QED) is 0.890. The second-order valence-corrected chi connectivity index (χ2v) is 6.84. The molecule has 120 valence electrons. The minimum atomic E-state index is -0.499. The van der Waals surface area contributed by atoms with Gasteiger partial charge in [0.25, 0.3) is 0 Å². The molecule has 1 aromatic carbocycles. The maximum absolute atomic E-state index is 10.2. The monoisotopic (exact) mass is 301 g/mol. The predicted octanol–water partition coefficient (Wildman–Crippen LogP) is 3.33. The molecule has 2 atom stereocenters. The maximum atomic E-state index is 10.2. The minimum Gasteiger partial charge on any atom is -0.387 e. The highest BCUT2D eigenvalue weighted by atomic mass is 16.3. The topological polar surface area (TPSA) is 50.1 Å². The molecule has 0 aliphatic carbocycles. The zero-order valence-electron chi connectivity index (χ0n) is 14.2. The van der Waals surface area contributed by atoms with Gasteiger partial charge in [-0.15, -0.1) is 0 Å². The van der Waals surface area contributed by atoms with E-state index in [2.05, 4.69) is 44.3 Å². The largest absolute Gasteiger partial charge is 0.387 e. The molecule has 22 heavy (non-hydrogen) atoms. The van der Waals surface area contributed by atoms with E-state index in [1.807, 2.05) is 41.9 Å². The van der Waals surface area contributed by atoms with E-state index in [-0.39, 0.29) is 11.6 Å². The van der Waals surface area contributed by atoms with Crippen molar-refractivity contribution in [3.63, 3.8) is 0 Å². The van der Waals surface area contributed by atoms with E-state index >= 15 is 0 Å². The van der Waals surface area contributed by atoms with Crippen LogP contribution in [0.2, 0.25) is 0 Å². The summed E-state index contributed by atoms with van der Waals surface area (Å²) in [5.41, 5.74) is 3.12. The fourth-order valence-corrected chi connectivity index (χ4v) is 2.43. The zero-order valence-corrected chi connectivity index (χ0v) is 14.2. The average Bonchev–Trinajstić information content (AvgIpc) is 2.87. The minimum absolute atomic E-state index is 0.0215. The first-order valence-corrected chi connectivity index (χ1v) is 7.82. The van der Waals surface area contributed by atoms with Crippen LogP contribution in [0.3, 0.4) is 0 Å². The average molecular weight is 301 g/mol. The Labute approximate surface area is 133 Å². The molecule has 0 aliphatic heterocycles. The number of hydrogen-bond donors (Lipinski definition) is 2. The smallest absolute Gasteiger partial charge is 0.0914 e. The number of aliphatic hydroxyl groups excluding tert-OH is 1. The van der Waals surface area contributed by atoms with Crippen LogP contribution in [0.25, 0.3) is 0 Å². The Hall–Kier alpha value is -1.65. The molecule has 0 radical (unpaired) electrons. The lowest BCUT2D eigenvalue weighted by Gasteiger charge is -2.19. The van der Waals surface area contributed by atoms with Crippen molar-refractivity contribution in [2.24, 2.45) is 0 Å². The van der Waals surface area contributed by atoms with Gasteiger partial charge in [0.2, 0.25) is 0 Å². The van der Waals surface area contributed by atoms with Crippen molar-refractivity contribution in [2.75, 3.05) is 6.54 Å². The number of aryl methyl sites for hydroxylation is 1. The van der Waals surface area contributed by atoms with Crippen LogP contribution in [0.1, 0.15) is 56.7 Å². The van der Waals surface area contributed by atoms with E-state index in [0.29, 0.717) is 6.54 Å². The molecule has 0 spiro atoms. The standard InChI is InChI=1S/C18H27N3O/c1-13(16-12-21(18(3,4)5)20-14(16)2)19-11-17(22)15-9-7-6-8-10-15/h6-10,12-13,17,19,22H,11H2,1-5H3/t13-,17+/m0/s1. The van der Waals surface area contributed by atoms with Crippen LogP contribution in [0.15, 0.2) is 36.5 Å². The number of aromatic nitrogens is 2. The van der Waals surface area contributed by atoms with Crippen molar-refractivity contribution in [3.8, 4) is 0 Å². The first-order valence-electron chi connectivity index (χ1n) is 7.82. The Bertz CT molecular complexity index is 599. The normalized spacial score (nSPS) is 14.8. The highest BCUT2D eigenvalue weighted by molar-refractivity contribution is 5.21. The molecule has 0 fully saturated rings. The van der Waals surface area contributed by atoms with Gasteiger partial charge >= 0.3 is 0 Å². The summed E-state index contributed by atoms with van der Waals surface area (Å²) in [6, 6.07) is 9.88. The molecule has 4 heteroatoms. The van der Waals surface area contributed by atoms with E-state index in [1.54, 1.807) is 0 Å². The van der Waals surface area contributed by atoms with Gasteiger partial charge in [0.05, 0.1) is 17.3 Å². The number of aliphatic hydroxyl groups is 1. The Morgan fingerprint density at radius 2 is 1.86 bits per heavy atom. The number of nitrogens with zero attached hydrogens (tertiary/aromatic N) is 2. The molecule has 1 aromatic heterocycles. The summed E-state index contributed by atoms with van der Waals surface area (Å²) >= 11 is 0. The van der Waals surface area contributed by atoms with Crippen molar-refractivity contribution < 1.29 is 5.11 Å². The SMILES string of the molecule is Cc1nn(C(C)(C)C)cc1[C@H](C)NC[C@@H](O)c1ccccc1. The van der Waals surface area contributed by atoms with Gasteiger partial charge in [-0.2, -0.15) is 5.10 Å². The van der Waals surface area contributed by atoms with Crippen LogP contribution in [0, 0.1) is 6.92 Å². The van der Waals surface area contributed by atoms with E-state index in [1.165, 1.54) is 5.56 Å². The highest BCUT2D eigenvalue weighted by Crippen LogP contribution is 2.21. The van der Waals surface area contributed by atoms with Crippen molar-refractivity contribution in [3.05, 3.63) is 53.3 Å². The molecule has 1 heterocycles. The van der Waals surface area contributed by atoms with E-state index in [4.69, 9.17) is 0 Å². The third-order valence-corrected chi connectivity index (χ3v) is 3.89. The van der Waals surface area contributed by atoms with Crippen LogP contribution in [-0.4, -0.2) is 21.4 Å². The summed E-state index contributed by atoms with van der Waals surface area (Å²) in [4.78, 5) is 0. The second-order valence-electron chi connectivity index (χ2n) is 6.84. The molecule has 0 saturated heterocycles. The lowest BCUT2D eigenvalue weighted by Crippen LogP contribution is -2.25. The zero-order chi connectivity index (χ0) is 16.3. The summed E-state index contributed by atoms with van der Waals surface area (Å²) in [7, 11) is 0. The van der Waals surface area contributed by atoms with Gasteiger partial charge in [-0.25, -0.2) is 0 Å². The van der Waals surface area contributed by atoms with Crippen LogP contribution < -0.4 is 5.32 Å². The Kier molecular flexibility index (Phi) is 5.04. The van der Waals surface area contributed by atoms with E-state index < -0.39 is 6.10 Å². The summed E-state index contributed by atoms with van der Waals surface area (Å²) in [6.45, 7) is 11.1. The maximum Gasteiger partial charge on any atom is 0.0914 e. The van der Waals surface area contributed by atoms with E-state index in [0.717, 1.165) is 11.3 Å². The van der Waals surface area contributed by atoms with Crippen molar-refractivity contribution in [1.29, 1.82) is 0 Å². The van der Waals surface area contributed by atoms with Gasteiger partial charge in [0, 0.05) is 24.3 Å². The van der Waals surface area contributed by atoms with Crippen molar-refractivity contribution in [1.82, 2.24) is 15.1 Å². The third kappa shape index (κ3) is 3.96. The number of rotatable bonds is 5. The molecule has 0 bridgehead atoms. The Morgan fingerprint density at radius 3 is 2.41 bits per heavy atom. The van der Waals surface area contributed by atoms with Gasteiger partial charge in [-0.3, -0.25) is 4.68 Å². The summed E-state index contributed by atoms with van der Waals surface area (Å²) in [5, 5.41) is 18.2. The molecule has 0 saturated carbocycles. The predicted molar refractivity (Wildman–Crippen MR) is 89.8 cm³/mol. The number of hydrogen-bond acceptors (Lipinski definition) is 3. The van der Waals surface area contributed by atoms with Crippen LogP contribution in [0.5, 0.6) is 0 Å². The fraction of sp³-hybridized carbons (Fsp3) is 0.500. The molecule has 0 unspecified atom stereocenters. The first-order chi connectivity index (χ1) is 10.3. The second kappa shape index (κ2) is 6.63. The molecule has 2 rings (SSSR count). The van der Waals surface area contributed by atoms with Crippen LogP contribution >= 0.6 is 0 Å². The molecule has 4 nitrogen and oxygen atoms in total. The first kappa shape index (κ1) is 16.7. The molecule has 0 amide bonds. The van der Waals surface area contributed by atoms with Crippen LogP contribution in [0.4, 0.5) is 0 Å². The lowest BCUT2D eigenvalue weighted by molar-refractivity contribution is 0.170. The summed E-state index contributed by atoms with van der Waals surface area (Å²) in [6.07, 6.45) is 1.60. The molecule has 2 aromatic rings. The Balaban J connectivity index is 2.01. The highest BCUT2D eigenvalue weighted by Gasteiger charge is 2.19. The van der Waals surface area contributed by atoms with Crippen molar-refractivity contribution >= 4 is 0 Å². The van der Waals surface area contributed by atoms with Gasteiger partial charge in [-0.1, -0.05) is 30.3 Å². The van der Waals surface area contributed by atoms with E-state index in [9.17, 15) is 5.11 Å². The molecular weight excluding hydrogens is 274 g/mol. The molecular formula is C18H27N3O. The number of benzene rings is 1. The Morgan fingerprint density at radius 1 is 1.23 bits per heavy atom. The van der Waals surface area contributed by atoms with Crippen LogP contribution in [-0.2, 0) is 5.54 Å². The summed E-state index contributed by atoms with van der Waals surface area (Å²) in [5.74, 6) is 0. The van der Waals surface area contributed by atoms with Crippen molar-refractivity contribution in [2.45, 2.75) is 52.3 Å². The molecule has 0 aliphatic rings. The van der Waals surface area contributed by atoms with Gasteiger partial charge in [-0.05, 0) is 40.2 Å². The van der Waals surface area contributed by atoms with Gasteiger partial charge in [0.1, 0.15) is 0 Å². The van der Waals surface area contributed by atoms with Gasteiger partial charge in [0.15, 0.2) is 0 Å². The fourth-order valence-electron chi connectivity index (χ4n) is 2.43. The number of nitrogens with one attached hydrogen (secondary N) is 1. The summed E-state index contributed by atoms with van der Waals surface area (Å²) < 4.78 is 2.00. The molecule has 2 N–H and O–H groups in total. The third-order valence-electron chi connectivity index (χ3n) is 3.89. The van der Waals surface area contributed by atoms with Gasteiger partial charge < -0.3 is 10.4 Å².